The molecule has 0 saturated heterocycles. The fraction of sp³-hybridized carbons (Fsp3) is 0.733. The van der Waals surface area contributed by atoms with E-state index in [1.807, 2.05) is 0 Å². The van der Waals surface area contributed by atoms with E-state index in [-0.39, 0.29) is 51.0 Å². The second kappa shape index (κ2) is 17.9. The quantitative estimate of drug-likeness (QED) is 0.370. The average molecular weight is 367 g/mol. The molecule has 18 heavy (non-hydrogen) atoms. The zero-order chi connectivity index (χ0) is 10.8. The largest absolute Gasteiger partial charge is 3.00 e. The Morgan fingerprint density at radius 3 is 2.00 bits per heavy atom. The second-order valence-electron chi connectivity index (χ2n) is 4.53. The number of halogens is 2. The van der Waals surface area contributed by atoms with Crippen LogP contribution in [0.1, 0.15) is 71.1 Å². The Balaban J connectivity index is -0.000000750. The standard InChI is InChI=1S/C15H25.2ClH.Zr/c1-2-3-4-5-6-7-8-9-12-15-13-10-11-14-15;;;/h10,13H,2-9,11-12H2,1H3;2*1H;/q-1;;;+3/p-2. The van der Waals surface area contributed by atoms with Crippen LogP contribution in [-0.2, 0) is 26.2 Å². The van der Waals surface area contributed by atoms with Gasteiger partial charge in [0.1, 0.15) is 0 Å². The first-order valence-corrected chi connectivity index (χ1v) is 6.69. The molecule has 1 radical (unpaired) electrons. The van der Waals surface area contributed by atoms with Crippen molar-refractivity contribution in [1.82, 2.24) is 0 Å². The minimum atomic E-state index is 0. The summed E-state index contributed by atoms with van der Waals surface area (Å²) < 4.78 is 0. The van der Waals surface area contributed by atoms with E-state index in [9.17, 15) is 0 Å². The minimum absolute atomic E-state index is 0. The average Bonchev–Trinajstić information content (AvgIpc) is 2.75. The molecular formula is C15H25Cl2Zr. The molecule has 0 aliphatic heterocycles. The minimum Gasteiger partial charge on any atom is -1.00 e. The van der Waals surface area contributed by atoms with E-state index in [2.05, 4.69) is 25.2 Å². The Kier molecular flexibility index (Phi) is 23.9. The van der Waals surface area contributed by atoms with Crippen LogP contribution in [0.15, 0.2) is 17.7 Å². The van der Waals surface area contributed by atoms with E-state index in [1.165, 1.54) is 63.4 Å². The molecule has 0 fully saturated rings. The van der Waals surface area contributed by atoms with Crippen molar-refractivity contribution in [3.63, 3.8) is 0 Å². The summed E-state index contributed by atoms with van der Waals surface area (Å²) in [6.07, 6.45) is 21.4. The maximum absolute atomic E-state index is 3.38. The smallest absolute Gasteiger partial charge is 1.00 e. The summed E-state index contributed by atoms with van der Waals surface area (Å²) in [4.78, 5) is 0. The Labute approximate surface area is 145 Å². The number of unbranched alkanes of at least 4 members (excludes halogenated alkanes) is 7. The third-order valence-corrected chi connectivity index (χ3v) is 3.07. The first-order valence-electron chi connectivity index (χ1n) is 6.69. The zero-order valence-corrected chi connectivity index (χ0v) is 15.5. The molecule has 0 amide bonds. The number of rotatable bonds is 9. The van der Waals surface area contributed by atoms with Gasteiger partial charge in [-0.3, -0.25) is 6.08 Å². The van der Waals surface area contributed by atoms with Gasteiger partial charge in [0.25, 0.3) is 0 Å². The second-order valence-corrected chi connectivity index (χ2v) is 4.53. The summed E-state index contributed by atoms with van der Waals surface area (Å²) in [6, 6.07) is 0. The van der Waals surface area contributed by atoms with Gasteiger partial charge >= 0.3 is 26.2 Å². The van der Waals surface area contributed by atoms with E-state index >= 15 is 0 Å². The van der Waals surface area contributed by atoms with E-state index in [4.69, 9.17) is 0 Å². The van der Waals surface area contributed by atoms with Crippen molar-refractivity contribution < 1.29 is 51.0 Å². The molecule has 0 aromatic carbocycles. The van der Waals surface area contributed by atoms with Gasteiger partial charge in [-0.1, -0.05) is 64.7 Å². The summed E-state index contributed by atoms with van der Waals surface area (Å²) in [5.41, 5.74) is 1.45. The number of hydrogen-bond donors (Lipinski definition) is 0. The molecule has 103 valence electrons. The Morgan fingerprint density at radius 1 is 0.944 bits per heavy atom. The van der Waals surface area contributed by atoms with Crippen LogP contribution in [0.4, 0.5) is 0 Å². The molecule has 0 aromatic heterocycles. The maximum Gasteiger partial charge on any atom is 3.00 e. The van der Waals surface area contributed by atoms with Gasteiger partial charge in [0.2, 0.25) is 0 Å². The molecule has 0 nitrogen and oxygen atoms in total. The molecule has 0 bridgehead atoms. The summed E-state index contributed by atoms with van der Waals surface area (Å²) in [6.45, 7) is 2.28. The summed E-state index contributed by atoms with van der Waals surface area (Å²) in [7, 11) is 0. The van der Waals surface area contributed by atoms with Crippen LogP contribution in [0.25, 0.3) is 0 Å². The molecule has 0 unspecified atom stereocenters. The SMILES string of the molecule is CCCCCCCCCCC1=[C-]CC=C1.[Cl-].[Cl-].[Zr+3]. The maximum atomic E-state index is 3.38. The van der Waals surface area contributed by atoms with Crippen LogP contribution in [-0.4, -0.2) is 0 Å². The first kappa shape index (κ1) is 24.0. The summed E-state index contributed by atoms with van der Waals surface area (Å²) in [5.74, 6) is 0. The van der Waals surface area contributed by atoms with Gasteiger partial charge in [0.05, 0.1) is 0 Å². The zero-order valence-electron chi connectivity index (χ0n) is 11.5. The number of allylic oxidation sites excluding steroid dienone is 4. The van der Waals surface area contributed by atoms with Gasteiger partial charge < -0.3 is 24.8 Å². The molecular weight excluding hydrogens is 342 g/mol. The van der Waals surface area contributed by atoms with Crippen molar-refractivity contribution >= 4 is 0 Å². The molecule has 0 spiro atoms. The van der Waals surface area contributed by atoms with Gasteiger partial charge in [-0.05, 0) is 0 Å². The first-order chi connectivity index (χ1) is 7.43. The molecule has 1 aliphatic rings. The van der Waals surface area contributed by atoms with Crippen molar-refractivity contribution in [2.45, 2.75) is 71.1 Å². The van der Waals surface area contributed by atoms with Gasteiger partial charge in [-0.2, -0.15) is 6.08 Å². The van der Waals surface area contributed by atoms with E-state index < -0.39 is 0 Å². The molecule has 0 heterocycles. The Bertz CT molecular complexity index is 213. The Hall–Kier alpha value is 0.943. The predicted molar refractivity (Wildman–Crippen MR) is 67.7 cm³/mol. The van der Waals surface area contributed by atoms with Gasteiger partial charge in [-0.25, -0.2) is 11.6 Å². The third-order valence-electron chi connectivity index (χ3n) is 3.07. The molecule has 3 heteroatoms. The Morgan fingerprint density at radius 2 is 1.50 bits per heavy atom. The van der Waals surface area contributed by atoms with Crippen molar-refractivity contribution in [3.8, 4) is 0 Å². The van der Waals surface area contributed by atoms with Gasteiger partial charge in [-0.15, -0.1) is 6.42 Å². The van der Waals surface area contributed by atoms with Crippen molar-refractivity contribution in [2.24, 2.45) is 0 Å². The van der Waals surface area contributed by atoms with Gasteiger partial charge in [0.15, 0.2) is 0 Å². The molecule has 0 saturated carbocycles. The van der Waals surface area contributed by atoms with E-state index in [1.54, 1.807) is 0 Å². The fourth-order valence-electron chi connectivity index (χ4n) is 2.07. The molecule has 0 N–H and O–H groups in total. The van der Waals surface area contributed by atoms with Crippen molar-refractivity contribution in [1.29, 1.82) is 0 Å². The predicted octanol–water partition coefficient (Wildman–Crippen LogP) is -0.788. The van der Waals surface area contributed by atoms with E-state index in [0.717, 1.165) is 6.42 Å². The van der Waals surface area contributed by atoms with E-state index in [0.29, 0.717) is 0 Å². The van der Waals surface area contributed by atoms with Crippen LogP contribution in [0.5, 0.6) is 0 Å². The topological polar surface area (TPSA) is 0 Å². The molecule has 1 rings (SSSR count). The fourth-order valence-corrected chi connectivity index (χ4v) is 2.07. The van der Waals surface area contributed by atoms with Crippen molar-refractivity contribution in [3.05, 3.63) is 23.8 Å². The van der Waals surface area contributed by atoms with Crippen LogP contribution >= 0.6 is 0 Å². The summed E-state index contributed by atoms with van der Waals surface area (Å²) in [5, 5.41) is 0. The van der Waals surface area contributed by atoms with Crippen LogP contribution < -0.4 is 24.8 Å². The van der Waals surface area contributed by atoms with Gasteiger partial charge in [0, 0.05) is 0 Å². The van der Waals surface area contributed by atoms with Crippen LogP contribution in [0, 0.1) is 6.08 Å². The normalized spacial score (nSPS) is 12.2. The number of hydrogen-bond acceptors (Lipinski definition) is 0. The molecule has 0 aromatic rings. The third kappa shape index (κ3) is 13.4. The molecule has 1 aliphatic carbocycles. The monoisotopic (exact) mass is 365 g/mol. The van der Waals surface area contributed by atoms with Crippen LogP contribution in [0.2, 0.25) is 0 Å². The molecule has 0 atom stereocenters. The summed E-state index contributed by atoms with van der Waals surface area (Å²) >= 11 is 0. The van der Waals surface area contributed by atoms with Crippen LogP contribution in [0.3, 0.4) is 0 Å². The van der Waals surface area contributed by atoms with Crippen molar-refractivity contribution in [2.75, 3.05) is 0 Å².